The van der Waals surface area contributed by atoms with Crippen molar-refractivity contribution in [1.29, 1.82) is 0 Å². The maximum absolute atomic E-state index is 4.81. The molecule has 5 heteroatoms. The van der Waals surface area contributed by atoms with Crippen molar-refractivity contribution in [1.82, 2.24) is 14.7 Å². The summed E-state index contributed by atoms with van der Waals surface area (Å²) in [6.07, 6.45) is 1.86. The molecule has 0 aromatic heterocycles. The highest BCUT2D eigenvalue weighted by atomic mass is 15.5. The zero-order chi connectivity index (χ0) is 18.3. The van der Waals surface area contributed by atoms with E-state index in [0.29, 0.717) is 0 Å². The fourth-order valence-electron chi connectivity index (χ4n) is 4.81. The van der Waals surface area contributed by atoms with Crippen LogP contribution in [0.25, 0.3) is 0 Å². The van der Waals surface area contributed by atoms with Crippen LogP contribution in [0.4, 0.5) is 0 Å². The molecule has 2 aromatic rings. The molecule has 2 aromatic carbocycles. The van der Waals surface area contributed by atoms with E-state index in [1.807, 2.05) is 6.21 Å². The Hall–Kier alpha value is -2.34. The van der Waals surface area contributed by atoms with Crippen LogP contribution in [0.3, 0.4) is 0 Å². The van der Waals surface area contributed by atoms with E-state index in [9.17, 15) is 0 Å². The van der Waals surface area contributed by atoms with Crippen LogP contribution >= 0.6 is 0 Å². The summed E-state index contributed by atoms with van der Waals surface area (Å²) in [5.41, 5.74) is 4.67. The van der Waals surface area contributed by atoms with Gasteiger partial charge in [-0.15, -0.1) is 0 Å². The Morgan fingerprint density at radius 1 is 0.852 bits per heavy atom. The van der Waals surface area contributed by atoms with E-state index >= 15 is 0 Å². The van der Waals surface area contributed by atoms with Gasteiger partial charge in [0.2, 0.25) is 0 Å². The fourth-order valence-corrected chi connectivity index (χ4v) is 4.81. The molecule has 4 aliphatic heterocycles. The molecule has 4 aliphatic rings. The lowest BCUT2D eigenvalue weighted by Crippen LogP contribution is -2.74. The molecule has 0 spiro atoms. The van der Waals surface area contributed by atoms with Crippen LogP contribution in [0.1, 0.15) is 16.7 Å². The van der Waals surface area contributed by atoms with Crippen LogP contribution in [0.2, 0.25) is 0 Å². The minimum absolute atomic E-state index is 0.0285. The Kier molecular flexibility index (Phi) is 4.16. The van der Waals surface area contributed by atoms with Crippen molar-refractivity contribution < 1.29 is 0 Å². The first-order valence-electron chi connectivity index (χ1n) is 9.61. The smallest absolute Gasteiger partial charge is 0.0802 e. The average molecular weight is 359 g/mol. The van der Waals surface area contributed by atoms with Gasteiger partial charge in [0.05, 0.1) is 37.3 Å². The summed E-state index contributed by atoms with van der Waals surface area (Å²) >= 11 is 0. The molecule has 0 aliphatic carbocycles. The molecule has 0 amide bonds. The van der Waals surface area contributed by atoms with Crippen LogP contribution in [-0.4, -0.2) is 66.3 Å². The molecule has 6 rings (SSSR count). The minimum Gasteiger partial charge on any atom is -0.276 e. The van der Waals surface area contributed by atoms with Gasteiger partial charge in [0.25, 0.3) is 0 Å². The van der Waals surface area contributed by atoms with E-state index in [4.69, 9.17) is 5.10 Å². The topological polar surface area (TPSA) is 34.4 Å². The van der Waals surface area contributed by atoms with Crippen molar-refractivity contribution >= 4 is 11.9 Å². The maximum atomic E-state index is 4.81. The highest BCUT2D eigenvalue weighted by molar-refractivity contribution is 6.05. The quantitative estimate of drug-likeness (QED) is 0.622. The lowest BCUT2D eigenvalue weighted by Gasteiger charge is -2.60. The molecule has 0 N–H and O–H groups in total. The molecule has 0 unspecified atom stereocenters. The standard InChI is InChI=1S/C22H25N5/c1-18-7-9-19(10-8-18)11-23-24-21(20-5-3-2-4-6-20)22-12-25-15-26(13-22)17-27(14-22)16-25/h2-11H,12-17H2,1H3/b23-11+,24-21-. The molecule has 0 radical (unpaired) electrons. The minimum atomic E-state index is 0.0285. The third-order valence-electron chi connectivity index (χ3n) is 5.77. The average Bonchev–Trinajstić information content (AvgIpc) is 2.66. The van der Waals surface area contributed by atoms with E-state index in [1.165, 1.54) is 11.1 Å². The predicted molar refractivity (Wildman–Crippen MR) is 109 cm³/mol. The van der Waals surface area contributed by atoms with Crippen molar-refractivity contribution in [3.8, 4) is 0 Å². The number of nitrogens with zero attached hydrogens (tertiary/aromatic N) is 5. The van der Waals surface area contributed by atoms with Crippen LogP contribution in [-0.2, 0) is 0 Å². The first-order valence-corrected chi connectivity index (χ1v) is 9.61. The van der Waals surface area contributed by atoms with Crippen LogP contribution in [0.15, 0.2) is 64.8 Å². The first kappa shape index (κ1) is 16.8. The van der Waals surface area contributed by atoms with E-state index in [2.05, 4.69) is 81.3 Å². The van der Waals surface area contributed by atoms with E-state index in [1.54, 1.807) is 0 Å². The van der Waals surface area contributed by atoms with Gasteiger partial charge in [0.15, 0.2) is 0 Å². The Morgan fingerprint density at radius 3 is 2.04 bits per heavy atom. The van der Waals surface area contributed by atoms with Gasteiger partial charge in [0, 0.05) is 19.6 Å². The lowest BCUT2D eigenvalue weighted by molar-refractivity contribution is -0.149. The molecular formula is C22H25N5. The van der Waals surface area contributed by atoms with Crippen molar-refractivity contribution in [3.63, 3.8) is 0 Å². The Bertz CT molecular complexity index is 834. The van der Waals surface area contributed by atoms with Crippen LogP contribution in [0.5, 0.6) is 0 Å². The fraction of sp³-hybridized carbons (Fsp3) is 0.364. The van der Waals surface area contributed by atoms with Gasteiger partial charge in [-0.3, -0.25) is 14.7 Å². The molecule has 0 saturated carbocycles. The van der Waals surface area contributed by atoms with Gasteiger partial charge >= 0.3 is 0 Å². The SMILES string of the molecule is Cc1ccc(/C=N/N=C(/c2ccccc2)C23CN4CN(CN(C4)C2)C3)cc1. The second kappa shape index (κ2) is 6.68. The summed E-state index contributed by atoms with van der Waals surface area (Å²) in [6, 6.07) is 19.0. The molecule has 4 saturated heterocycles. The molecule has 4 bridgehead atoms. The summed E-state index contributed by atoms with van der Waals surface area (Å²) in [4.78, 5) is 7.58. The summed E-state index contributed by atoms with van der Waals surface area (Å²) in [5.74, 6) is 0. The number of rotatable bonds is 4. The molecule has 138 valence electrons. The van der Waals surface area contributed by atoms with Gasteiger partial charge in [-0.2, -0.15) is 10.2 Å². The van der Waals surface area contributed by atoms with Crippen molar-refractivity contribution in [3.05, 3.63) is 71.3 Å². The molecule has 0 atom stereocenters. The Balaban J connectivity index is 1.51. The predicted octanol–water partition coefficient (Wildman–Crippen LogP) is 2.62. The first-order chi connectivity index (χ1) is 13.2. The molecule has 5 nitrogen and oxygen atoms in total. The summed E-state index contributed by atoms with van der Waals surface area (Å²) in [7, 11) is 0. The number of hydrogen-bond donors (Lipinski definition) is 0. The largest absolute Gasteiger partial charge is 0.276 e. The zero-order valence-electron chi connectivity index (χ0n) is 15.8. The highest BCUT2D eigenvalue weighted by Gasteiger charge is 2.51. The Morgan fingerprint density at radius 2 is 1.44 bits per heavy atom. The van der Waals surface area contributed by atoms with E-state index in [0.717, 1.165) is 50.9 Å². The van der Waals surface area contributed by atoms with Gasteiger partial charge in [-0.05, 0) is 18.1 Å². The summed E-state index contributed by atoms with van der Waals surface area (Å²) < 4.78 is 0. The monoisotopic (exact) mass is 359 g/mol. The Labute approximate surface area is 160 Å². The van der Waals surface area contributed by atoms with Crippen molar-refractivity contribution in [2.24, 2.45) is 15.6 Å². The van der Waals surface area contributed by atoms with Crippen LogP contribution < -0.4 is 0 Å². The maximum Gasteiger partial charge on any atom is 0.0802 e. The normalized spacial score (nSPS) is 32.3. The molecular weight excluding hydrogens is 334 g/mol. The number of benzene rings is 2. The number of hydrogen-bond acceptors (Lipinski definition) is 5. The van der Waals surface area contributed by atoms with E-state index in [-0.39, 0.29) is 5.41 Å². The molecule has 4 fully saturated rings. The van der Waals surface area contributed by atoms with Gasteiger partial charge < -0.3 is 0 Å². The highest BCUT2D eigenvalue weighted by Crippen LogP contribution is 2.38. The van der Waals surface area contributed by atoms with Crippen molar-refractivity contribution in [2.75, 3.05) is 39.6 Å². The third-order valence-corrected chi connectivity index (χ3v) is 5.77. The van der Waals surface area contributed by atoms with Crippen molar-refractivity contribution in [2.45, 2.75) is 6.92 Å². The zero-order valence-corrected chi connectivity index (χ0v) is 15.8. The molecule has 4 heterocycles. The number of aryl methyl sites for hydroxylation is 1. The summed E-state index contributed by atoms with van der Waals surface area (Å²) in [6.45, 7) is 8.52. The second-order valence-corrected chi connectivity index (χ2v) is 8.16. The van der Waals surface area contributed by atoms with Gasteiger partial charge in [-0.25, -0.2) is 0 Å². The second-order valence-electron chi connectivity index (χ2n) is 8.16. The third kappa shape index (κ3) is 3.23. The van der Waals surface area contributed by atoms with Gasteiger partial charge in [0.1, 0.15) is 0 Å². The lowest BCUT2D eigenvalue weighted by atomic mass is 9.74. The summed E-state index contributed by atoms with van der Waals surface area (Å²) in [5, 5.41) is 9.32. The molecule has 27 heavy (non-hydrogen) atoms. The van der Waals surface area contributed by atoms with E-state index < -0.39 is 0 Å². The van der Waals surface area contributed by atoms with Crippen LogP contribution in [0, 0.1) is 12.3 Å². The van der Waals surface area contributed by atoms with Gasteiger partial charge in [-0.1, -0.05) is 60.2 Å².